The smallest absolute Gasteiger partial charge is 0.109 e. The highest BCUT2D eigenvalue weighted by atomic mass is 16.5. The van der Waals surface area contributed by atoms with Crippen molar-refractivity contribution in [1.29, 1.82) is 0 Å². The summed E-state index contributed by atoms with van der Waals surface area (Å²) in [4.78, 5) is 4.31. The third-order valence-electron chi connectivity index (χ3n) is 2.98. The van der Waals surface area contributed by atoms with Gasteiger partial charge in [-0.1, -0.05) is 13.8 Å². The van der Waals surface area contributed by atoms with E-state index < -0.39 is 0 Å². The first-order valence-electron chi connectivity index (χ1n) is 6.42. The first kappa shape index (κ1) is 14.2. The minimum Gasteiger partial charge on any atom is -0.380 e. The van der Waals surface area contributed by atoms with Gasteiger partial charge >= 0.3 is 0 Å². The normalized spacial score (nSPS) is 13.2. The van der Waals surface area contributed by atoms with E-state index in [2.05, 4.69) is 28.7 Å². The Kier molecular flexibility index (Phi) is 6.22. The second kappa shape index (κ2) is 7.45. The van der Waals surface area contributed by atoms with Crippen molar-refractivity contribution in [2.75, 3.05) is 19.8 Å². The van der Waals surface area contributed by atoms with Crippen molar-refractivity contribution in [2.45, 2.75) is 33.2 Å². The molecule has 0 fully saturated rings. The SMILES string of the molecule is CCOCC(NCCc1nccn1C)C(C)C. The molecule has 1 unspecified atom stereocenters. The lowest BCUT2D eigenvalue weighted by atomic mass is 10.1. The molecule has 4 heteroatoms. The Morgan fingerprint density at radius 1 is 1.47 bits per heavy atom. The Morgan fingerprint density at radius 2 is 2.24 bits per heavy atom. The molecule has 1 aromatic rings. The van der Waals surface area contributed by atoms with E-state index in [1.54, 1.807) is 0 Å². The Bertz CT molecular complexity index is 309. The van der Waals surface area contributed by atoms with Gasteiger partial charge in [-0.15, -0.1) is 0 Å². The fourth-order valence-corrected chi connectivity index (χ4v) is 1.74. The highest BCUT2D eigenvalue weighted by molar-refractivity contribution is 4.91. The molecule has 0 saturated heterocycles. The molecule has 4 nitrogen and oxygen atoms in total. The molecule has 0 bridgehead atoms. The van der Waals surface area contributed by atoms with Crippen molar-refractivity contribution in [3.05, 3.63) is 18.2 Å². The summed E-state index contributed by atoms with van der Waals surface area (Å²) in [5, 5.41) is 3.54. The fourth-order valence-electron chi connectivity index (χ4n) is 1.74. The first-order valence-corrected chi connectivity index (χ1v) is 6.42. The van der Waals surface area contributed by atoms with Gasteiger partial charge in [-0.2, -0.15) is 0 Å². The largest absolute Gasteiger partial charge is 0.380 e. The molecule has 1 atom stereocenters. The van der Waals surface area contributed by atoms with Gasteiger partial charge in [0.25, 0.3) is 0 Å². The van der Waals surface area contributed by atoms with E-state index >= 15 is 0 Å². The number of aryl methyl sites for hydroxylation is 1. The van der Waals surface area contributed by atoms with E-state index in [9.17, 15) is 0 Å². The van der Waals surface area contributed by atoms with Crippen LogP contribution in [0.25, 0.3) is 0 Å². The molecule has 0 saturated carbocycles. The topological polar surface area (TPSA) is 39.1 Å². The minimum atomic E-state index is 0.426. The third-order valence-corrected chi connectivity index (χ3v) is 2.98. The summed E-state index contributed by atoms with van der Waals surface area (Å²) in [6, 6.07) is 0.426. The average Bonchev–Trinajstić information content (AvgIpc) is 2.69. The van der Waals surface area contributed by atoms with Crippen LogP contribution in [0.5, 0.6) is 0 Å². The monoisotopic (exact) mass is 239 g/mol. The molecule has 17 heavy (non-hydrogen) atoms. The molecular formula is C13H25N3O. The van der Waals surface area contributed by atoms with Crippen LogP contribution in [0.1, 0.15) is 26.6 Å². The van der Waals surface area contributed by atoms with Crippen LogP contribution in [0, 0.1) is 5.92 Å². The Morgan fingerprint density at radius 3 is 2.76 bits per heavy atom. The van der Waals surface area contributed by atoms with Crippen LogP contribution < -0.4 is 5.32 Å². The van der Waals surface area contributed by atoms with E-state index in [-0.39, 0.29) is 0 Å². The second-order valence-corrected chi connectivity index (χ2v) is 4.67. The summed E-state index contributed by atoms with van der Waals surface area (Å²) in [5.74, 6) is 1.71. The summed E-state index contributed by atoms with van der Waals surface area (Å²) >= 11 is 0. The Hall–Kier alpha value is -0.870. The van der Waals surface area contributed by atoms with Gasteiger partial charge in [-0.25, -0.2) is 4.98 Å². The standard InChI is InChI=1S/C13H25N3O/c1-5-17-10-12(11(2)3)14-7-6-13-15-8-9-16(13)4/h8-9,11-12,14H,5-7,10H2,1-4H3. The highest BCUT2D eigenvalue weighted by Crippen LogP contribution is 2.03. The molecular weight excluding hydrogens is 214 g/mol. The summed E-state index contributed by atoms with van der Waals surface area (Å²) in [7, 11) is 2.03. The van der Waals surface area contributed by atoms with Crippen LogP contribution in [0.4, 0.5) is 0 Å². The lowest BCUT2D eigenvalue weighted by molar-refractivity contribution is 0.108. The number of hydrogen-bond donors (Lipinski definition) is 1. The van der Waals surface area contributed by atoms with E-state index in [1.807, 2.05) is 26.4 Å². The van der Waals surface area contributed by atoms with Crippen LogP contribution in [0.15, 0.2) is 12.4 Å². The second-order valence-electron chi connectivity index (χ2n) is 4.67. The first-order chi connectivity index (χ1) is 8.15. The van der Waals surface area contributed by atoms with Gasteiger partial charge < -0.3 is 14.6 Å². The predicted octanol–water partition coefficient (Wildman–Crippen LogP) is 1.61. The van der Waals surface area contributed by atoms with Gasteiger partial charge in [0.1, 0.15) is 5.82 Å². The van der Waals surface area contributed by atoms with E-state index in [1.165, 1.54) is 0 Å². The number of nitrogens with one attached hydrogen (secondary N) is 1. The molecule has 0 aliphatic carbocycles. The van der Waals surface area contributed by atoms with Crippen molar-refractivity contribution in [3.63, 3.8) is 0 Å². The summed E-state index contributed by atoms with van der Waals surface area (Å²) < 4.78 is 7.55. The molecule has 0 aliphatic rings. The highest BCUT2D eigenvalue weighted by Gasteiger charge is 2.12. The lowest BCUT2D eigenvalue weighted by Gasteiger charge is -2.22. The van der Waals surface area contributed by atoms with E-state index in [0.29, 0.717) is 12.0 Å². The molecule has 98 valence electrons. The summed E-state index contributed by atoms with van der Waals surface area (Å²) in [6.45, 7) is 8.99. The molecule has 1 rings (SSSR count). The average molecular weight is 239 g/mol. The lowest BCUT2D eigenvalue weighted by Crippen LogP contribution is -2.39. The van der Waals surface area contributed by atoms with Gasteiger partial charge in [-0.3, -0.25) is 0 Å². The van der Waals surface area contributed by atoms with Crippen molar-refractivity contribution in [1.82, 2.24) is 14.9 Å². The molecule has 1 N–H and O–H groups in total. The zero-order valence-electron chi connectivity index (χ0n) is 11.4. The molecule has 1 heterocycles. The van der Waals surface area contributed by atoms with Crippen LogP contribution in [-0.2, 0) is 18.2 Å². The van der Waals surface area contributed by atoms with Crippen LogP contribution in [-0.4, -0.2) is 35.4 Å². The van der Waals surface area contributed by atoms with Gasteiger partial charge in [0.05, 0.1) is 6.61 Å². The molecule has 0 radical (unpaired) electrons. The fraction of sp³-hybridized carbons (Fsp3) is 0.769. The molecule has 0 aliphatic heterocycles. The van der Waals surface area contributed by atoms with Crippen molar-refractivity contribution < 1.29 is 4.74 Å². The van der Waals surface area contributed by atoms with E-state index in [0.717, 1.165) is 32.0 Å². The van der Waals surface area contributed by atoms with Gasteiger partial charge in [0.15, 0.2) is 0 Å². The van der Waals surface area contributed by atoms with Crippen LogP contribution >= 0.6 is 0 Å². The molecule has 0 spiro atoms. The zero-order valence-corrected chi connectivity index (χ0v) is 11.4. The Labute approximate surface area is 104 Å². The maximum atomic E-state index is 5.49. The van der Waals surface area contributed by atoms with E-state index in [4.69, 9.17) is 4.74 Å². The Balaban J connectivity index is 2.29. The summed E-state index contributed by atoms with van der Waals surface area (Å²) in [5.41, 5.74) is 0. The predicted molar refractivity (Wildman–Crippen MR) is 70.0 cm³/mol. The minimum absolute atomic E-state index is 0.426. The quantitative estimate of drug-likeness (QED) is 0.749. The maximum Gasteiger partial charge on any atom is 0.109 e. The van der Waals surface area contributed by atoms with Crippen LogP contribution in [0.3, 0.4) is 0 Å². The number of aromatic nitrogens is 2. The third kappa shape index (κ3) is 4.88. The maximum absolute atomic E-state index is 5.49. The van der Waals surface area contributed by atoms with Gasteiger partial charge in [-0.05, 0) is 12.8 Å². The number of hydrogen-bond acceptors (Lipinski definition) is 3. The summed E-state index contributed by atoms with van der Waals surface area (Å²) in [6.07, 6.45) is 4.78. The van der Waals surface area contributed by atoms with Gasteiger partial charge in [0.2, 0.25) is 0 Å². The van der Waals surface area contributed by atoms with Crippen molar-refractivity contribution in [2.24, 2.45) is 13.0 Å². The van der Waals surface area contributed by atoms with Crippen molar-refractivity contribution in [3.8, 4) is 0 Å². The molecule has 1 aromatic heterocycles. The zero-order chi connectivity index (χ0) is 12.7. The molecule has 0 aromatic carbocycles. The number of ether oxygens (including phenoxy) is 1. The number of imidazole rings is 1. The van der Waals surface area contributed by atoms with Gasteiger partial charge in [0, 0.05) is 45.1 Å². The van der Waals surface area contributed by atoms with Crippen molar-refractivity contribution >= 4 is 0 Å². The number of nitrogens with zero attached hydrogens (tertiary/aromatic N) is 2. The number of rotatable bonds is 8. The molecule has 0 amide bonds. The van der Waals surface area contributed by atoms with Crippen LogP contribution in [0.2, 0.25) is 0 Å².